The number of nitrogens with one attached hydrogen (secondary N) is 1. The van der Waals surface area contributed by atoms with E-state index in [0.717, 1.165) is 6.21 Å². The second-order valence-corrected chi connectivity index (χ2v) is 4.31. The molecule has 0 bridgehead atoms. The van der Waals surface area contributed by atoms with Gasteiger partial charge in [-0.2, -0.15) is 0 Å². The van der Waals surface area contributed by atoms with E-state index in [2.05, 4.69) is 6.92 Å². The second-order valence-electron chi connectivity index (χ2n) is 4.31. The van der Waals surface area contributed by atoms with E-state index >= 15 is 0 Å². The van der Waals surface area contributed by atoms with E-state index in [0.29, 0.717) is 17.9 Å². The third kappa shape index (κ3) is 2.69. The first kappa shape index (κ1) is 11.0. The highest BCUT2D eigenvalue weighted by Crippen LogP contribution is 2.45. The van der Waals surface area contributed by atoms with Crippen LogP contribution in [0.4, 0.5) is 0 Å². The lowest BCUT2D eigenvalue weighted by Crippen LogP contribution is -2.12. The Hall–Kier alpha value is -1.12. The van der Waals surface area contributed by atoms with Crippen molar-refractivity contribution >= 4 is 12.0 Å². The van der Waals surface area contributed by atoms with Crippen molar-refractivity contribution in [2.45, 2.75) is 33.6 Å². The standard InChI is InChI=1S/C11H17NO2/c1-8(6-12)10(9(2)13)14-7-11(3)4-5-11/h6,12H,4-5,7H2,1-3H3/b10-8+,12-6?. The number of ether oxygens (including phenoxy) is 1. The molecule has 1 fully saturated rings. The van der Waals surface area contributed by atoms with Crippen molar-refractivity contribution in [1.29, 1.82) is 5.41 Å². The molecule has 0 aromatic heterocycles. The third-order valence-corrected chi connectivity index (χ3v) is 2.56. The summed E-state index contributed by atoms with van der Waals surface area (Å²) < 4.78 is 5.46. The number of ketones is 1. The van der Waals surface area contributed by atoms with Crippen LogP contribution < -0.4 is 0 Å². The summed E-state index contributed by atoms with van der Waals surface area (Å²) in [6.45, 7) is 5.92. The second kappa shape index (κ2) is 3.95. The van der Waals surface area contributed by atoms with Crippen LogP contribution in [0.15, 0.2) is 11.3 Å². The minimum atomic E-state index is -0.102. The molecule has 0 aromatic rings. The predicted molar refractivity (Wildman–Crippen MR) is 55.5 cm³/mol. The number of Topliss-reactive ketones (excluding diaryl/α,β-unsaturated/α-hetero) is 1. The first-order chi connectivity index (χ1) is 6.48. The molecule has 0 amide bonds. The summed E-state index contributed by atoms with van der Waals surface area (Å²) in [6.07, 6.45) is 3.50. The highest BCUT2D eigenvalue weighted by atomic mass is 16.5. The molecule has 1 aliphatic rings. The molecular weight excluding hydrogens is 178 g/mol. The molecule has 0 heterocycles. The van der Waals surface area contributed by atoms with E-state index in [9.17, 15) is 4.79 Å². The maximum atomic E-state index is 11.2. The molecule has 3 heteroatoms. The first-order valence-corrected chi connectivity index (χ1v) is 4.83. The first-order valence-electron chi connectivity index (χ1n) is 4.83. The third-order valence-electron chi connectivity index (χ3n) is 2.56. The van der Waals surface area contributed by atoms with Gasteiger partial charge in [-0.3, -0.25) is 4.79 Å². The smallest absolute Gasteiger partial charge is 0.194 e. The molecule has 0 atom stereocenters. The molecule has 14 heavy (non-hydrogen) atoms. The van der Waals surface area contributed by atoms with Crippen LogP contribution in [-0.2, 0) is 9.53 Å². The van der Waals surface area contributed by atoms with Crippen molar-refractivity contribution in [1.82, 2.24) is 0 Å². The molecule has 1 saturated carbocycles. The Morgan fingerprint density at radius 1 is 1.50 bits per heavy atom. The summed E-state index contributed by atoms with van der Waals surface area (Å²) in [5, 5.41) is 7.07. The van der Waals surface area contributed by atoms with Gasteiger partial charge in [-0.1, -0.05) is 6.92 Å². The van der Waals surface area contributed by atoms with Gasteiger partial charge >= 0.3 is 0 Å². The van der Waals surface area contributed by atoms with Crippen LogP contribution in [0.25, 0.3) is 0 Å². The van der Waals surface area contributed by atoms with Crippen molar-refractivity contribution < 1.29 is 9.53 Å². The fourth-order valence-electron chi connectivity index (χ4n) is 1.16. The zero-order valence-electron chi connectivity index (χ0n) is 9.02. The molecule has 78 valence electrons. The predicted octanol–water partition coefficient (Wildman–Crippen LogP) is 2.32. The van der Waals surface area contributed by atoms with E-state index in [1.807, 2.05) is 0 Å². The zero-order chi connectivity index (χ0) is 10.8. The maximum absolute atomic E-state index is 11.2. The van der Waals surface area contributed by atoms with Gasteiger partial charge < -0.3 is 10.1 Å². The lowest BCUT2D eigenvalue weighted by Gasteiger charge is -2.13. The highest BCUT2D eigenvalue weighted by molar-refractivity contribution is 5.97. The Morgan fingerprint density at radius 3 is 2.43 bits per heavy atom. The van der Waals surface area contributed by atoms with Crippen molar-refractivity contribution in [3.8, 4) is 0 Å². The zero-order valence-corrected chi connectivity index (χ0v) is 9.02. The molecule has 0 radical (unpaired) electrons. The highest BCUT2D eigenvalue weighted by Gasteiger charge is 2.38. The summed E-state index contributed by atoms with van der Waals surface area (Å²) in [5.74, 6) is 0.239. The minimum absolute atomic E-state index is 0.102. The van der Waals surface area contributed by atoms with Crippen LogP contribution in [0.3, 0.4) is 0 Å². The lowest BCUT2D eigenvalue weighted by atomic mass is 10.1. The minimum Gasteiger partial charge on any atom is -0.489 e. The Balaban J connectivity index is 2.61. The molecule has 0 saturated heterocycles. The van der Waals surface area contributed by atoms with E-state index < -0.39 is 0 Å². The van der Waals surface area contributed by atoms with E-state index in [-0.39, 0.29) is 11.2 Å². The molecule has 0 aromatic carbocycles. The largest absolute Gasteiger partial charge is 0.489 e. The van der Waals surface area contributed by atoms with Gasteiger partial charge in [0.25, 0.3) is 0 Å². The van der Waals surface area contributed by atoms with Crippen molar-refractivity contribution in [2.24, 2.45) is 5.41 Å². The normalized spacial score (nSPS) is 19.6. The number of carbonyl (C=O) groups is 1. The summed E-state index contributed by atoms with van der Waals surface area (Å²) in [6, 6.07) is 0. The van der Waals surface area contributed by atoms with Crippen LogP contribution in [0, 0.1) is 10.8 Å². The van der Waals surface area contributed by atoms with Crippen LogP contribution in [0.1, 0.15) is 33.6 Å². The van der Waals surface area contributed by atoms with Gasteiger partial charge in [-0.05, 0) is 19.8 Å². The quantitative estimate of drug-likeness (QED) is 0.416. The molecule has 1 N–H and O–H groups in total. The molecule has 1 rings (SSSR count). The molecule has 0 aliphatic heterocycles. The van der Waals surface area contributed by atoms with Crippen molar-refractivity contribution in [3.05, 3.63) is 11.3 Å². The Kier molecular flexibility index (Phi) is 3.09. The summed E-state index contributed by atoms with van der Waals surface area (Å²) >= 11 is 0. The lowest BCUT2D eigenvalue weighted by molar-refractivity contribution is -0.117. The monoisotopic (exact) mass is 195 g/mol. The molecule has 1 aliphatic carbocycles. The van der Waals surface area contributed by atoms with Gasteiger partial charge in [-0.15, -0.1) is 0 Å². The van der Waals surface area contributed by atoms with Crippen LogP contribution in [0.5, 0.6) is 0 Å². The number of allylic oxidation sites excluding steroid dienone is 2. The van der Waals surface area contributed by atoms with Crippen LogP contribution in [-0.4, -0.2) is 18.6 Å². The topological polar surface area (TPSA) is 50.2 Å². The summed E-state index contributed by atoms with van der Waals surface area (Å²) in [7, 11) is 0. The van der Waals surface area contributed by atoms with Crippen molar-refractivity contribution in [2.75, 3.05) is 6.61 Å². The average molecular weight is 195 g/mol. The van der Waals surface area contributed by atoms with E-state index in [4.69, 9.17) is 10.1 Å². The van der Waals surface area contributed by atoms with Gasteiger partial charge in [0.05, 0.1) is 6.61 Å². The fourth-order valence-corrected chi connectivity index (χ4v) is 1.16. The van der Waals surface area contributed by atoms with Gasteiger partial charge in [0.1, 0.15) is 0 Å². The Labute approximate surface area is 84.7 Å². The van der Waals surface area contributed by atoms with Crippen LogP contribution >= 0.6 is 0 Å². The van der Waals surface area contributed by atoms with Crippen LogP contribution in [0.2, 0.25) is 0 Å². The molecular formula is C11H17NO2. The molecule has 0 spiro atoms. The van der Waals surface area contributed by atoms with Gasteiger partial charge in [0.15, 0.2) is 11.5 Å². The van der Waals surface area contributed by atoms with Crippen molar-refractivity contribution in [3.63, 3.8) is 0 Å². The van der Waals surface area contributed by atoms with E-state index in [1.165, 1.54) is 19.8 Å². The fraction of sp³-hybridized carbons (Fsp3) is 0.636. The summed E-state index contributed by atoms with van der Waals surface area (Å²) in [4.78, 5) is 11.2. The Morgan fingerprint density at radius 2 is 2.07 bits per heavy atom. The summed E-state index contributed by atoms with van der Waals surface area (Å²) in [5.41, 5.74) is 0.866. The number of rotatable bonds is 5. The van der Waals surface area contributed by atoms with Gasteiger partial charge in [0, 0.05) is 24.1 Å². The molecule has 3 nitrogen and oxygen atoms in total. The van der Waals surface area contributed by atoms with Gasteiger partial charge in [-0.25, -0.2) is 0 Å². The Bertz CT molecular complexity index is 288. The van der Waals surface area contributed by atoms with Gasteiger partial charge in [0.2, 0.25) is 0 Å². The number of carbonyl (C=O) groups excluding carboxylic acids is 1. The molecule has 0 unspecified atom stereocenters. The number of hydrogen-bond donors (Lipinski definition) is 1. The van der Waals surface area contributed by atoms with E-state index in [1.54, 1.807) is 6.92 Å². The SMILES string of the molecule is CC(=O)/C(OCC1(C)CC1)=C(/C)C=N. The maximum Gasteiger partial charge on any atom is 0.194 e. The number of hydrogen-bond acceptors (Lipinski definition) is 3. The average Bonchev–Trinajstić information content (AvgIpc) is 2.83.